The van der Waals surface area contributed by atoms with Crippen LogP contribution in [0, 0.1) is 0 Å². The van der Waals surface area contributed by atoms with Gasteiger partial charge in [0.1, 0.15) is 12.1 Å². The van der Waals surface area contributed by atoms with Crippen LogP contribution in [0.1, 0.15) is 22.3 Å². The van der Waals surface area contributed by atoms with Crippen LogP contribution in [0.25, 0.3) is 0 Å². The van der Waals surface area contributed by atoms with E-state index >= 15 is 0 Å². The number of amides is 1. The largest absolute Gasteiger partial charge is 0.497 e. The number of benzene rings is 2. The summed E-state index contributed by atoms with van der Waals surface area (Å²) in [6.07, 6.45) is 0.645. The molecule has 0 aliphatic heterocycles. The van der Waals surface area contributed by atoms with E-state index in [2.05, 4.69) is 31.3 Å². The van der Waals surface area contributed by atoms with Crippen molar-refractivity contribution in [1.82, 2.24) is 14.8 Å². The van der Waals surface area contributed by atoms with Crippen molar-refractivity contribution < 1.29 is 14.6 Å². The second kappa shape index (κ2) is 8.11. The molecule has 0 radical (unpaired) electrons. The second-order valence-electron chi connectivity index (χ2n) is 5.54. The van der Waals surface area contributed by atoms with Gasteiger partial charge in [0.15, 0.2) is 0 Å². The quantitative estimate of drug-likeness (QED) is 0.644. The number of aliphatic hydroxyl groups excluding tert-OH is 1. The summed E-state index contributed by atoms with van der Waals surface area (Å²) in [5.74, 6) is 0.334. The molecule has 0 aliphatic carbocycles. The Hall–Kier alpha value is -2.71. The summed E-state index contributed by atoms with van der Waals surface area (Å²) >= 11 is 3.35. The number of halogens is 1. The number of hydrogen-bond donors (Lipinski definition) is 2. The molecule has 1 amide bonds. The van der Waals surface area contributed by atoms with Gasteiger partial charge < -0.3 is 15.2 Å². The first kappa shape index (κ1) is 18.1. The fraction of sp³-hybridized carbons (Fsp3) is 0.167. The minimum Gasteiger partial charge on any atom is -0.497 e. The lowest BCUT2D eigenvalue weighted by Gasteiger charge is -2.11. The smallest absolute Gasteiger partial charge is 0.295 e. The molecule has 0 aliphatic rings. The summed E-state index contributed by atoms with van der Waals surface area (Å²) in [6, 6.07) is 14.3. The number of nitrogens with zero attached hydrogens (tertiary/aromatic N) is 3. The number of ether oxygens (including phenoxy) is 1. The zero-order valence-corrected chi connectivity index (χ0v) is 15.5. The van der Waals surface area contributed by atoms with E-state index in [0.717, 1.165) is 10.0 Å². The molecule has 7 nitrogen and oxygen atoms in total. The zero-order valence-electron chi connectivity index (χ0n) is 14.0. The number of rotatable bonds is 6. The topological polar surface area (TPSA) is 89.3 Å². The maximum absolute atomic E-state index is 12.2. The molecule has 26 heavy (non-hydrogen) atoms. The van der Waals surface area contributed by atoms with Crippen molar-refractivity contribution in [3.63, 3.8) is 0 Å². The third-order valence-corrected chi connectivity index (χ3v) is 4.18. The summed E-state index contributed by atoms with van der Waals surface area (Å²) in [6.45, 7) is 0.184. The summed E-state index contributed by atoms with van der Waals surface area (Å²) < 4.78 is 7.39. The van der Waals surface area contributed by atoms with Crippen molar-refractivity contribution in [3.05, 3.63) is 70.7 Å². The molecule has 0 fully saturated rings. The van der Waals surface area contributed by atoms with Crippen molar-refractivity contribution in [1.29, 1.82) is 0 Å². The molecular formula is C18H17BrN4O3. The zero-order chi connectivity index (χ0) is 18.5. The predicted octanol–water partition coefficient (Wildman–Crippen LogP) is 3.04. The Morgan fingerprint density at radius 3 is 2.77 bits per heavy atom. The Kier molecular flexibility index (Phi) is 5.65. The maximum Gasteiger partial charge on any atom is 0.295 e. The van der Waals surface area contributed by atoms with Crippen molar-refractivity contribution in [3.8, 4) is 5.75 Å². The molecule has 1 aromatic heterocycles. The van der Waals surface area contributed by atoms with E-state index in [4.69, 9.17) is 4.74 Å². The molecule has 134 valence electrons. The molecule has 2 N–H and O–H groups in total. The van der Waals surface area contributed by atoms with E-state index in [0.29, 0.717) is 11.4 Å². The number of aromatic nitrogens is 3. The summed E-state index contributed by atoms with van der Waals surface area (Å²) in [4.78, 5) is 16.2. The number of carbonyl (C=O) groups is 1. The molecule has 2 aromatic carbocycles. The van der Waals surface area contributed by atoms with Gasteiger partial charge >= 0.3 is 0 Å². The van der Waals surface area contributed by atoms with Crippen LogP contribution in [0.15, 0.2) is 59.3 Å². The number of anilines is 1. The minimum absolute atomic E-state index is 0.0342. The van der Waals surface area contributed by atoms with Crippen molar-refractivity contribution in [2.45, 2.75) is 12.6 Å². The van der Waals surface area contributed by atoms with Crippen molar-refractivity contribution >= 4 is 27.5 Å². The highest BCUT2D eigenvalue weighted by Gasteiger charge is 2.14. The standard InChI is InChI=1S/C18H17BrN4O3/c1-26-15-7-5-12(6-8-15)16(24)10-23-11-20-17(22-23)18(25)21-14-4-2-3-13(19)9-14/h2-9,11,16,24H,10H2,1H3,(H,21,25). The Labute approximate surface area is 158 Å². The number of hydrogen-bond acceptors (Lipinski definition) is 5. The van der Waals surface area contributed by atoms with Gasteiger partial charge in [-0.2, -0.15) is 0 Å². The Bertz CT molecular complexity index is 895. The highest BCUT2D eigenvalue weighted by Crippen LogP contribution is 2.19. The maximum atomic E-state index is 12.2. The fourth-order valence-corrected chi connectivity index (χ4v) is 2.75. The van der Waals surface area contributed by atoms with Gasteiger partial charge in [-0.1, -0.05) is 34.1 Å². The Morgan fingerprint density at radius 2 is 2.08 bits per heavy atom. The molecule has 1 heterocycles. The van der Waals surface area contributed by atoms with Crippen LogP contribution in [0.5, 0.6) is 5.75 Å². The second-order valence-corrected chi connectivity index (χ2v) is 6.46. The van der Waals surface area contributed by atoms with E-state index in [1.807, 2.05) is 12.1 Å². The van der Waals surface area contributed by atoms with Gasteiger partial charge in [-0.15, -0.1) is 5.10 Å². The summed E-state index contributed by atoms with van der Waals surface area (Å²) in [5, 5.41) is 17.2. The van der Waals surface area contributed by atoms with E-state index in [-0.39, 0.29) is 12.4 Å². The lowest BCUT2D eigenvalue weighted by molar-refractivity contribution is 0.101. The normalized spacial score (nSPS) is 11.8. The number of aliphatic hydroxyl groups is 1. The SMILES string of the molecule is COc1ccc(C(O)Cn2cnc(C(=O)Nc3cccc(Br)c3)n2)cc1. The van der Waals surface area contributed by atoms with Crippen LogP contribution in [0.3, 0.4) is 0 Å². The number of carbonyl (C=O) groups excluding carboxylic acids is 1. The van der Waals surface area contributed by atoms with E-state index in [1.54, 1.807) is 43.5 Å². The van der Waals surface area contributed by atoms with Crippen LogP contribution in [-0.4, -0.2) is 32.9 Å². The molecular weight excluding hydrogens is 400 g/mol. The third kappa shape index (κ3) is 4.47. The van der Waals surface area contributed by atoms with Gasteiger partial charge in [0.25, 0.3) is 5.91 Å². The van der Waals surface area contributed by atoms with Crippen molar-refractivity contribution in [2.24, 2.45) is 0 Å². The summed E-state index contributed by atoms with van der Waals surface area (Å²) in [7, 11) is 1.58. The highest BCUT2D eigenvalue weighted by atomic mass is 79.9. The lowest BCUT2D eigenvalue weighted by Crippen LogP contribution is -2.15. The van der Waals surface area contributed by atoms with Crippen LogP contribution >= 0.6 is 15.9 Å². The van der Waals surface area contributed by atoms with Crippen LogP contribution in [0.2, 0.25) is 0 Å². The highest BCUT2D eigenvalue weighted by molar-refractivity contribution is 9.10. The van der Waals surface area contributed by atoms with Crippen LogP contribution < -0.4 is 10.1 Å². The van der Waals surface area contributed by atoms with Gasteiger partial charge in [-0.3, -0.25) is 4.79 Å². The van der Waals surface area contributed by atoms with Gasteiger partial charge in [0, 0.05) is 10.2 Å². The molecule has 3 aromatic rings. The average molecular weight is 417 g/mol. The average Bonchev–Trinajstić information content (AvgIpc) is 3.10. The van der Waals surface area contributed by atoms with E-state index in [1.165, 1.54) is 11.0 Å². The number of methoxy groups -OCH3 is 1. The number of nitrogens with one attached hydrogen (secondary N) is 1. The van der Waals surface area contributed by atoms with E-state index in [9.17, 15) is 9.90 Å². The Balaban J connectivity index is 1.64. The molecule has 0 saturated heterocycles. The van der Waals surface area contributed by atoms with Gasteiger partial charge in [-0.25, -0.2) is 9.67 Å². The van der Waals surface area contributed by atoms with Crippen LogP contribution in [0.4, 0.5) is 5.69 Å². The van der Waals surface area contributed by atoms with Crippen LogP contribution in [-0.2, 0) is 6.54 Å². The minimum atomic E-state index is -0.774. The summed E-state index contributed by atoms with van der Waals surface area (Å²) in [5.41, 5.74) is 1.36. The first-order chi connectivity index (χ1) is 12.5. The first-order valence-electron chi connectivity index (χ1n) is 7.83. The van der Waals surface area contributed by atoms with Crippen molar-refractivity contribution in [2.75, 3.05) is 12.4 Å². The molecule has 0 saturated carbocycles. The molecule has 0 bridgehead atoms. The molecule has 1 unspecified atom stereocenters. The lowest BCUT2D eigenvalue weighted by atomic mass is 10.1. The van der Waals surface area contributed by atoms with Gasteiger partial charge in [0.05, 0.1) is 19.8 Å². The third-order valence-electron chi connectivity index (χ3n) is 3.68. The van der Waals surface area contributed by atoms with Gasteiger partial charge in [-0.05, 0) is 35.9 Å². The van der Waals surface area contributed by atoms with E-state index < -0.39 is 12.0 Å². The Morgan fingerprint density at radius 1 is 1.31 bits per heavy atom. The molecule has 0 spiro atoms. The predicted molar refractivity (Wildman–Crippen MR) is 100 cm³/mol. The molecule has 1 atom stereocenters. The first-order valence-corrected chi connectivity index (χ1v) is 8.63. The fourth-order valence-electron chi connectivity index (χ4n) is 2.35. The molecule has 8 heteroatoms. The van der Waals surface area contributed by atoms with Gasteiger partial charge in [0.2, 0.25) is 5.82 Å². The monoisotopic (exact) mass is 416 g/mol. The molecule has 3 rings (SSSR count).